The van der Waals surface area contributed by atoms with Crippen LogP contribution >= 0.6 is 0 Å². The van der Waals surface area contributed by atoms with Crippen LogP contribution in [0.25, 0.3) is 11.1 Å². The second kappa shape index (κ2) is 6.13. The molecule has 2 aromatic carbocycles. The van der Waals surface area contributed by atoms with Crippen molar-refractivity contribution in [1.29, 1.82) is 0 Å². The zero-order valence-electron chi connectivity index (χ0n) is 12.3. The zero-order valence-corrected chi connectivity index (χ0v) is 12.3. The van der Waals surface area contributed by atoms with E-state index in [2.05, 4.69) is 12.1 Å². The maximum absolute atomic E-state index is 11.3. The lowest BCUT2D eigenvalue weighted by Gasteiger charge is -2.25. The molecule has 0 unspecified atom stereocenters. The van der Waals surface area contributed by atoms with Gasteiger partial charge in [0.2, 0.25) is 0 Å². The molecule has 0 N–H and O–H groups in total. The van der Waals surface area contributed by atoms with Crippen molar-refractivity contribution in [3.8, 4) is 16.9 Å². The monoisotopic (exact) mass is 280 g/mol. The van der Waals surface area contributed by atoms with Crippen LogP contribution in [0.4, 0.5) is 0 Å². The first kappa shape index (κ1) is 13.9. The van der Waals surface area contributed by atoms with E-state index >= 15 is 0 Å². The highest BCUT2D eigenvalue weighted by Gasteiger charge is 2.17. The van der Waals surface area contributed by atoms with Crippen molar-refractivity contribution in [2.75, 3.05) is 6.61 Å². The van der Waals surface area contributed by atoms with E-state index in [1.165, 1.54) is 19.3 Å². The van der Waals surface area contributed by atoms with Crippen molar-refractivity contribution in [3.63, 3.8) is 0 Å². The van der Waals surface area contributed by atoms with Crippen LogP contribution in [0.5, 0.6) is 5.75 Å². The number of hydrogen-bond donors (Lipinski definition) is 0. The van der Waals surface area contributed by atoms with Gasteiger partial charge in [0, 0.05) is 5.56 Å². The second-order valence-electron chi connectivity index (χ2n) is 5.77. The van der Waals surface area contributed by atoms with Crippen LogP contribution in [0.15, 0.2) is 48.5 Å². The smallest absolute Gasteiger partial charge is 0.159 e. The van der Waals surface area contributed by atoms with Crippen molar-refractivity contribution in [2.24, 2.45) is 5.92 Å². The highest BCUT2D eigenvalue weighted by atomic mass is 16.5. The Morgan fingerprint density at radius 3 is 2.05 bits per heavy atom. The first-order valence-electron chi connectivity index (χ1n) is 7.56. The maximum Gasteiger partial charge on any atom is 0.159 e. The van der Waals surface area contributed by atoms with Crippen LogP contribution in [0, 0.1) is 5.92 Å². The van der Waals surface area contributed by atoms with Gasteiger partial charge in [-0.3, -0.25) is 4.79 Å². The Morgan fingerprint density at radius 1 is 1.00 bits per heavy atom. The van der Waals surface area contributed by atoms with E-state index in [4.69, 9.17) is 4.74 Å². The molecule has 0 spiro atoms. The van der Waals surface area contributed by atoms with Crippen LogP contribution in [0.1, 0.15) is 36.5 Å². The van der Waals surface area contributed by atoms with Gasteiger partial charge in [0.05, 0.1) is 6.61 Å². The van der Waals surface area contributed by atoms with Crippen LogP contribution in [0.3, 0.4) is 0 Å². The largest absolute Gasteiger partial charge is 0.493 e. The van der Waals surface area contributed by atoms with E-state index in [0.29, 0.717) is 0 Å². The highest BCUT2D eigenvalue weighted by molar-refractivity contribution is 5.94. The number of benzene rings is 2. The zero-order chi connectivity index (χ0) is 14.7. The molecule has 2 heteroatoms. The lowest BCUT2D eigenvalue weighted by Crippen LogP contribution is -2.19. The topological polar surface area (TPSA) is 26.3 Å². The van der Waals surface area contributed by atoms with Crippen molar-refractivity contribution < 1.29 is 9.53 Å². The fourth-order valence-corrected chi connectivity index (χ4v) is 2.51. The van der Waals surface area contributed by atoms with Gasteiger partial charge in [-0.2, -0.15) is 0 Å². The standard InChI is InChI=1S/C19H20O2/c1-14(20)16-5-7-17(8-6-16)18-9-11-19(12-10-18)21-13-15-3-2-4-15/h5-12,15H,2-4,13H2,1H3. The number of carbonyl (C=O) groups excluding carboxylic acids is 1. The van der Waals surface area contributed by atoms with Crippen LogP contribution in [-0.2, 0) is 0 Å². The molecular formula is C19H20O2. The van der Waals surface area contributed by atoms with Gasteiger partial charge in [-0.25, -0.2) is 0 Å². The number of ketones is 1. The summed E-state index contributed by atoms with van der Waals surface area (Å²) in [7, 11) is 0. The van der Waals surface area contributed by atoms with E-state index in [-0.39, 0.29) is 5.78 Å². The average Bonchev–Trinajstić information content (AvgIpc) is 2.46. The van der Waals surface area contributed by atoms with E-state index < -0.39 is 0 Å². The van der Waals surface area contributed by atoms with Gasteiger partial charge in [-0.1, -0.05) is 42.8 Å². The Kier molecular flexibility index (Phi) is 4.05. The van der Waals surface area contributed by atoms with Gasteiger partial charge in [-0.05, 0) is 48.9 Å². The summed E-state index contributed by atoms with van der Waals surface area (Å²) in [4.78, 5) is 11.3. The molecule has 21 heavy (non-hydrogen) atoms. The van der Waals surface area contributed by atoms with Crippen LogP contribution in [-0.4, -0.2) is 12.4 Å². The van der Waals surface area contributed by atoms with Gasteiger partial charge in [0.1, 0.15) is 5.75 Å². The summed E-state index contributed by atoms with van der Waals surface area (Å²) in [5, 5.41) is 0. The fraction of sp³-hybridized carbons (Fsp3) is 0.316. The molecule has 1 saturated carbocycles. The Hall–Kier alpha value is -2.09. The lowest BCUT2D eigenvalue weighted by atomic mass is 9.86. The molecule has 0 aromatic heterocycles. The minimum absolute atomic E-state index is 0.0984. The summed E-state index contributed by atoms with van der Waals surface area (Å²) in [5.41, 5.74) is 3.01. The maximum atomic E-state index is 11.3. The first-order chi connectivity index (χ1) is 10.2. The Morgan fingerprint density at radius 2 is 1.57 bits per heavy atom. The number of Topliss-reactive ketones (excluding diaryl/α,β-unsaturated/α-hetero) is 1. The molecule has 0 atom stereocenters. The summed E-state index contributed by atoms with van der Waals surface area (Å²) in [6.07, 6.45) is 3.96. The summed E-state index contributed by atoms with van der Waals surface area (Å²) in [6, 6.07) is 15.9. The molecule has 0 saturated heterocycles. The Bertz CT molecular complexity index is 607. The van der Waals surface area contributed by atoms with Gasteiger partial charge in [-0.15, -0.1) is 0 Å². The molecule has 108 valence electrons. The van der Waals surface area contributed by atoms with Gasteiger partial charge in [0.25, 0.3) is 0 Å². The minimum atomic E-state index is 0.0984. The lowest BCUT2D eigenvalue weighted by molar-refractivity contribution is 0.101. The molecule has 0 bridgehead atoms. The van der Waals surface area contributed by atoms with Gasteiger partial charge >= 0.3 is 0 Å². The third-order valence-electron chi connectivity index (χ3n) is 4.19. The molecule has 3 rings (SSSR count). The molecule has 2 nitrogen and oxygen atoms in total. The average molecular weight is 280 g/mol. The number of rotatable bonds is 5. The number of carbonyl (C=O) groups is 1. The molecular weight excluding hydrogens is 260 g/mol. The summed E-state index contributed by atoms with van der Waals surface area (Å²) >= 11 is 0. The molecule has 0 radical (unpaired) electrons. The van der Waals surface area contributed by atoms with Crippen molar-refractivity contribution in [3.05, 3.63) is 54.1 Å². The molecule has 0 aliphatic heterocycles. The fourth-order valence-electron chi connectivity index (χ4n) is 2.51. The quantitative estimate of drug-likeness (QED) is 0.740. The van der Waals surface area contributed by atoms with Crippen molar-refractivity contribution in [2.45, 2.75) is 26.2 Å². The van der Waals surface area contributed by atoms with Crippen molar-refractivity contribution in [1.82, 2.24) is 0 Å². The molecule has 0 heterocycles. The van der Waals surface area contributed by atoms with E-state index in [0.717, 1.165) is 35.0 Å². The van der Waals surface area contributed by atoms with Crippen LogP contribution in [0.2, 0.25) is 0 Å². The van der Waals surface area contributed by atoms with E-state index in [1.54, 1.807) is 6.92 Å². The predicted molar refractivity (Wildman–Crippen MR) is 84.7 cm³/mol. The van der Waals surface area contributed by atoms with Gasteiger partial charge in [0.15, 0.2) is 5.78 Å². The summed E-state index contributed by atoms with van der Waals surface area (Å²) < 4.78 is 5.81. The summed E-state index contributed by atoms with van der Waals surface area (Å²) in [5.74, 6) is 1.79. The predicted octanol–water partition coefficient (Wildman–Crippen LogP) is 4.74. The molecule has 1 aliphatic rings. The normalized spacial score (nSPS) is 14.5. The van der Waals surface area contributed by atoms with Gasteiger partial charge < -0.3 is 4.74 Å². The third-order valence-corrected chi connectivity index (χ3v) is 4.19. The molecule has 2 aromatic rings. The second-order valence-corrected chi connectivity index (χ2v) is 5.77. The van der Waals surface area contributed by atoms with Crippen LogP contribution < -0.4 is 4.74 Å². The minimum Gasteiger partial charge on any atom is -0.493 e. The number of ether oxygens (including phenoxy) is 1. The summed E-state index contributed by atoms with van der Waals surface area (Å²) in [6.45, 7) is 2.43. The van der Waals surface area contributed by atoms with E-state index in [1.807, 2.05) is 36.4 Å². The SMILES string of the molecule is CC(=O)c1ccc(-c2ccc(OCC3CCC3)cc2)cc1. The number of hydrogen-bond acceptors (Lipinski definition) is 2. The van der Waals surface area contributed by atoms with Crippen molar-refractivity contribution >= 4 is 5.78 Å². The highest BCUT2D eigenvalue weighted by Crippen LogP contribution is 2.28. The molecule has 1 aliphatic carbocycles. The molecule has 1 fully saturated rings. The van der Waals surface area contributed by atoms with E-state index in [9.17, 15) is 4.79 Å². The Labute approximate surface area is 125 Å². The first-order valence-corrected chi connectivity index (χ1v) is 7.56. The third kappa shape index (κ3) is 3.33. The Balaban J connectivity index is 1.66. The molecule has 0 amide bonds.